The Hall–Kier alpha value is -1.50. The summed E-state index contributed by atoms with van der Waals surface area (Å²) >= 11 is 1.33. The van der Waals surface area contributed by atoms with Crippen molar-refractivity contribution in [2.75, 3.05) is 20.3 Å². The van der Waals surface area contributed by atoms with Crippen LogP contribution in [0.25, 0.3) is 10.1 Å². The molecule has 0 N–H and O–H groups in total. The summed E-state index contributed by atoms with van der Waals surface area (Å²) in [6.07, 6.45) is 5.49. The summed E-state index contributed by atoms with van der Waals surface area (Å²) in [6, 6.07) is 3.52. The lowest BCUT2D eigenvalue weighted by atomic mass is 10.0. The third-order valence-corrected chi connectivity index (χ3v) is 5.93. The van der Waals surface area contributed by atoms with Gasteiger partial charge in [-0.15, -0.1) is 11.3 Å². The Morgan fingerprint density at radius 1 is 1.37 bits per heavy atom. The van der Waals surface area contributed by atoms with E-state index in [2.05, 4.69) is 0 Å². The second-order valence-electron chi connectivity index (χ2n) is 6.84. The maximum atomic E-state index is 15.1. The maximum Gasteiger partial charge on any atom is 0.172 e. The molecule has 0 radical (unpaired) electrons. The van der Waals surface area contributed by atoms with E-state index in [-0.39, 0.29) is 17.9 Å². The van der Waals surface area contributed by atoms with Crippen LogP contribution >= 0.6 is 11.3 Å². The van der Waals surface area contributed by atoms with Crippen molar-refractivity contribution >= 4 is 27.2 Å². The van der Waals surface area contributed by atoms with Crippen molar-refractivity contribution in [1.82, 2.24) is 0 Å². The molecular formula is C21H27FO4S. The minimum atomic E-state index is -0.287. The lowest BCUT2D eigenvalue weighted by Gasteiger charge is -2.22. The molecule has 0 amide bonds. The minimum Gasteiger partial charge on any atom is -0.496 e. The fourth-order valence-electron chi connectivity index (χ4n) is 3.37. The molecule has 2 aromatic rings. The van der Waals surface area contributed by atoms with E-state index in [0.29, 0.717) is 47.4 Å². The molecule has 1 aliphatic heterocycles. The van der Waals surface area contributed by atoms with Crippen molar-refractivity contribution in [3.8, 4) is 5.75 Å². The van der Waals surface area contributed by atoms with Crippen molar-refractivity contribution in [2.24, 2.45) is 0 Å². The lowest BCUT2D eigenvalue weighted by molar-refractivity contribution is -0.162. The van der Waals surface area contributed by atoms with Gasteiger partial charge in [-0.2, -0.15) is 0 Å². The molecule has 2 heterocycles. The van der Waals surface area contributed by atoms with Gasteiger partial charge in [0.2, 0.25) is 0 Å². The van der Waals surface area contributed by atoms with E-state index in [1.165, 1.54) is 11.3 Å². The van der Waals surface area contributed by atoms with E-state index in [0.717, 1.165) is 37.0 Å². The van der Waals surface area contributed by atoms with Crippen LogP contribution in [0.4, 0.5) is 4.39 Å². The van der Waals surface area contributed by atoms with Gasteiger partial charge in [-0.05, 0) is 50.7 Å². The van der Waals surface area contributed by atoms with Gasteiger partial charge in [0.15, 0.2) is 12.1 Å². The number of methoxy groups -OCH3 is 1. The maximum absolute atomic E-state index is 15.1. The molecule has 0 spiro atoms. The Bertz CT molecular complexity index is 780. The number of halogens is 1. The molecule has 0 aliphatic carbocycles. The number of fused-ring (bicyclic) bond motifs is 1. The predicted octanol–water partition coefficient (Wildman–Crippen LogP) is 5.51. The van der Waals surface area contributed by atoms with Crippen LogP contribution < -0.4 is 4.74 Å². The minimum absolute atomic E-state index is 0.0690. The third kappa shape index (κ3) is 4.86. The molecule has 148 valence electrons. The predicted molar refractivity (Wildman–Crippen MR) is 105 cm³/mol. The first-order valence-corrected chi connectivity index (χ1v) is 10.5. The van der Waals surface area contributed by atoms with E-state index >= 15 is 4.39 Å². The van der Waals surface area contributed by atoms with Crippen molar-refractivity contribution < 1.29 is 23.4 Å². The highest BCUT2D eigenvalue weighted by molar-refractivity contribution is 7.20. The van der Waals surface area contributed by atoms with Crippen LogP contribution in [0.15, 0.2) is 12.1 Å². The first kappa shape index (κ1) is 20.2. The highest BCUT2D eigenvalue weighted by Gasteiger charge is 2.19. The first-order valence-electron chi connectivity index (χ1n) is 9.69. The summed E-state index contributed by atoms with van der Waals surface area (Å²) in [5.74, 6) is 0.315. The lowest BCUT2D eigenvalue weighted by Crippen LogP contribution is -2.22. The molecule has 1 aromatic carbocycles. The van der Waals surface area contributed by atoms with Crippen LogP contribution in [-0.4, -0.2) is 32.4 Å². The number of hydrogen-bond donors (Lipinski definition) is 0. The largest absolute Gasteiger partial charge is 0.496 e. The topological polar surface area (TPSA) is 44.8 Å². The van der Waals surface area contributed by atoms with E-state index in [1.807, 2.05) is 13.0 Å². The molecule has 1 aliphatic rings. The zero-order valence-electron chi connectivity index (χ0n) is 16.0. The fraction of sp³-hybridized carbons (Fsp3) is 0.571. The molecule has 0 saturated carbocycles. The van der Waals surface area contributed by atoms with Gasteiger partial charge in [-0.1, -0.05) is 6.92 Å². The van der Waals surface area contributed by atoms with E-state index in [1.54, 1.807) is 13.2 Å². The van der Waals surface area contributed by atoms with Gasteiger partial charge in [0, 0.05) is 28.7 Å². The average molecular weight is 395 g/mol. The van der Waals surface area contributed by atoms with Crippen LogP contribution in [0.2, 0.25) is 0 Å². The quantitative estimate of drug-likeness (QED) is 0.416. The summed E-state index contributed by atoms with van der Waals surface area (Å²) in [6.45, 7) is 3.24. The van der Waals surface area contributed by atoms with E-state index < -0.39 is 0 Å². The van der Waals surface area contributed by atoms with Crippen molar-refractivity contribution in [1.29, 1.82) is 0 Å². The van der Waals surface area contributed by atoms with Gasteiger partial charge >= 0.3 is 0 Å². The molecule has 1 unspecified atom stereocenters. The summed E-state index contributed by atoms with van der Waals surface area (Å²) < 4.78 is 32.6. The zero-order valence-corrected chi connectivity index (χ0v) is 16.8. The molecule has 1 saturated heterocycles. The SMILES string of the molecule is CCCC(=O)c1cc2c(F)c(CCCOC3CCCCO3)c(OC)cc2s1. The van der Waals surface area contributed by atoms with Gasteiger partial charge in [0.05, 0.1) is 18.6 Å². The van der Waals surface area contributed by atoms with E-state index in [9.17, 15) is 4.79 Å². The number of carbonyl (C=O) groups is 1. The van der Waals surface area contributed by atoms with Crippen molar-refractivity contribution in [2.45, 2.75) is 58.2 Å². The highest BCUT2D eigenvalue weighted by Crippen LogP contribution is 2.36. The smallest absolute Gasteiger partial charge is 0.172 e. The molecule has 27 heavy (non-hydrogen) atoms. The standard InChI is InChI=1S/C21H27FO4S/c1-3-7-16(23)19-12-15-18(27-19)13-17(24-2)14(21(15)22)8-6-11-26-20-9-4-5-10-25-20/h12-13,20H,3-11H2,1-2H3. The summed E-state index contributed by atoms with van der Waals surface area (Å²) in [5.41, 5.74) is 0.547. The Kier molecular flexibility index (Phi) is 7.21. The van der Waals surface area contributed by atoms with Crippen LogP contribution in [0, 0.1) is 5.82 Å². The monoisotopic (exact) mass is 394 g/mol. The molecule has 3 rings (SSSR count). The molecule has 1 fully saturated rings. The number of carbonyl (C=O) groups excluding carboxylic acids is 1. The first-order chi connectivity index (χ1) is 13.1. The Balaban J connectivity index is 1.71. The van der Waals surface area contributed by atoms with Gasteiger partial charge in [0.25, 0.3) is 0 Å². The third-order valence-electron chi connectivity index (χ3n) is 4.81. The van der Waals surface area contributed by atoms with Gasteiger partial charge in [-0.3, -0.25) is 4.79 Å². The van der Waals surface area contributed by atoms with Gasteiger partial charge in [-0.25, -0.2) is 4.39 Å². The zero-order chi connectivity index (χ0) is 19.2. The second-order valence-corrected chi connectivity index (χ2v) is 7.92. The summed E-state index contributed by atoms with van der Waals surface area (Å²) in [5, 5.41) is 0.506. The van der Waals surface area contributed by atoms with E-state index in [4.69, 9.17) is 14.2 Å². The van der Waals surface area contributed by atoms with Crippen LogP contribution in [0.3, 0.4) is 0 Å². The molecule has 6 heteroatoms. The number of thiophene rings is 1. The number of Topliss-reactive ketones (excluding diaryl/α,β-unsaturated/α-hetero) is 1. The Morgan fingerprint density at radius 2 is 2.22 bits per heavy atom. The number of hydrogen-bond acceptors (Lipinski definition) is 5. The van der Waals surface area contributed by atoms with Crippen molar-refractivity contribution in [3.05, 3.63) is 28.4 Å². The van der Waals surface area contributed by atoms with Crippen LogP contribution in [0.1, 0.15) is 60.7 Å². The molecule has 1 atom stereocenters. The van der Waals surface area contributed by atoms with Crippen LogP contribution in [-0.2, 0) is 15.9 Å². The normalized spacial score (nSPS) is 17.4. The average Bonchev–Trinajstić information content (AvgIpc) is 3.12. The number of ketones is 1. The second kappa shape index (κ2) is 9.62. The number of ether oxygens (including phenoxy) is 3. The molecule has 4 nitrogen and oxygen atoms in total. The van der Waals surface area contributed by atoms with Crippen LogP contribution in [0.5, 0.6) is 5.75 Å². The Labute approximate surface area is 163 Å². The number of rotatable bonds is 9. The summed E-state index contributed by atoms with van der Waals surface area (Å²) in [4.78, 5) is 12.8. The molecule has 0 bridgehead atoms. The van der Waals surface area contributed by atoms with Gasteiger partial charge in [0.1, 0.15) is 11.6 Å². The highest BCUT2D eigenvalue weighted by atomic mass is 32.1. The van der Waals surface area contributed by atoms with Gasteiger partial charge < -0.3 is 14.2 Å². The number of benzene rings is 1. The Morgan fingerprint density at radius 3 is 2.93 bits per heavy atom. The van der Waals surface area contributed by atoms with Crippen molar-refractivity contribution in [3.63, 3.8) is 0 Å². The summed E-state index contributed by atoms with van der Waals surface area (Å²) in [7, 11) is 1.55. The fourth-order valence-corrected chi connectivity index (χ4v) is 4.42. The molecular weight excluding hydrogens is 367 g/mol. The molecule has 1 aromatic heterocycles.